The molecule has 0 spiro atoms. The number of methoxy groups -OCH3 is 1. The van der Waals surface area contributed by atoms with Gasteiger partial charge in [0.1, 0.15) is 5.75 Å². The standard InChI is InChI=1S/C12H18O2/c1-3-11(13)9-8-10-6-4-5-7-12(10)14-2/h4-7,11,13H,3,8-9H2,1-2H3. The summed E-state index contributed by atoms with van der Waals surface area (Å²) in [7, 11) is 1.68. The molecule has 0 aliphatic carbocycles. The van der Waals surface area contributed by atoms with E-state index in [1.54, 1.807) is 7.11 Å². The van der Waals surface area contributed by atoms with Crippen LogP contribution in [0.2, 0.25) is 0 Å². The Kier molecular flexibility index (Phi) is 4.47. The Morgan fingerprint density at radius 3 is 2.71 bits per heavy atom. The lowest BCUT2D eigenvalue weighted by Crippen LogP contribution is -2.06. The van der Waals surface area contributed by atoms with Gasteiger partial charge in [0.2, 0.25) is 0 Å². The second-order valence-corrected chi connectivity index (χ2v) is 3.41. The highest BCUT2D eigenvalue weighted by atomic mass is 16.5. The van der Waals surface area contributed by atoms with Crippen LogP contribution in [-0.2, 0) is 6.42 Å². The molecule has 1 aromatic rings. The maximum Gasteiger partial charge on any atom is 0.122 e. The van der Waals surface area contributed by atoms with Crippen LogP contribution < -0.4 is 4.74 Å². The number of benzene rings is 1. The molecule has 0 aliphatic heterocycles. The summed E-state index contributed by atoms with van der Waals surface area (Å²) in [5.74, 6) is 0.913. The predicted molar refractivity (Wildman–Crippen MR) is 57.6 cm³/mol. The third-order valence-electron chi connectivity index (χ3n) is 2.41. The number of hydrogen-bond acceptors (Lipinski definition) is 2. The summed E-state index contributed by atoms with van der Waals surface area (Å²) in [5.41, 5.74) is 1.17. The molecule has 2 heteroatoms. The largest absolute Gasteiger partial charge is 0.496 e. The molecular formula is C12H18O2. The van der Waals surface area contributed by atoms with E-state index < -0.39 is 0 Å². The summed E-state index contributed by atoms with van der Waals surface area (Å²) in [6.07, 6.45) is 2.30. The van der Waals surface area contributed by atoms with Crippen molar-refractivity contribution in [1.29, 1.82) is 0 Å². The first kappa shape index (κ1) is 11.1. The lowest BCUT2D eigenvalue weighted by molar-refractivity contribution is 0.160. The molecule has 1 atom stereocenters. The topological polar surface area (TPSA) is 29.5 Å². The van der Waals surface area contributed by atoms with Crippen LogP contribution in [0, 0.1) is 0 Å². The maximum atomic E-state index is 9.44. The lowest BCUT2D eigenvalue weighted by Gasteiger charge is -2.10. The predicted octanol–water partition coefficient (Wildman–Crippen LogP) is 2.40. The molecule has 0 heterocycles. The van der Waals surface area contributed by atoms with Gasteiger partial charge in [0.05, 0.1) is 13.2 Å². The Labute approximate surface area is 85.5 Å². The molecule has 78 valence electrons. The first-order valence-electron chi connectivity index (χ1n) is 5.08. The van der Waals surface area contributed by atoms with Crippen LogP contribution in [0.25, 0.3) is 0 Å². The molecule has 14 heavy (non-hydrogen) atoms. The molecule has 1 unspecified atom stereocenters. The van der Waals surface area contributed by atoms with Crippen molar-refractivity contribution in [3.8, 4) is 5.75 Å². The average molecular weight is 194 g/mol. The van der Waals surface area contributed by atoms with E-state index in [2.05, 4.69) is 0 Å². The van der Waals surface area contributed by atoms with E-state index in [4.69, 9.17) is 4.74 Å². The average Bonchev–Trinajstić information content (AvgIpc) is 2.26. The minimum absolute atomic E-state index is 0.195. The third kappa shape index (κ3) is 3.04. The second-order valence-electron chi connectivity index (χ2n) is 3.41. The Morgan fingerprint density at radius 1 is 1.36 bits per heavy atom. The number of aliphatic hydroxyl groups excluding tert-OH is 1. The van der Waals surface area contributed by atoms with Gasteiger partial charge in [-0.2, -0.15) is 0 Å². The monoisotopic (exact) mass is 194 g/mol. The van der Waals surface area contributed by atoms with Crippen molar-refractivity contribution < 1.29 is 9.84 Å². The van der Waals surface area contributed by atoms with Crippen LogP contribution in [-0.4, -0.2) is 18.3 Å². The molecule has 1 rings (SSSR count). The summed E-state index contributed by atoms with van der Waals surface area (Å²) in [5, 5.41) is 9.44. The van der Waals surface area contributed by atoms with Crippen LogP contribution in [0.4, 0.5) is 0 Å². The summed E-state index contributed by atoms with van der Waals surface area (Å²) < 4.78 is 5.23. The Bertz CT molecular complexity index is 271. The van der Waals surface area contributed by atoms with Crippen molar-refractivity contribution in [2.75, 3.05) is 7.11 Å². The van der Waals surface area contributed by atoms with E-state index in [0.29, 0.717) is 0 Å². The molecule has 0 fully saturated rings. The Morgan fingerprint density at radius 2 is 2.07 bits per heavy atom. The van der Waals surface area contributed by atoms with Gasteiger partial charge in [0.15, 0.2) is 0 Å². The second kappa shape index (κ2) is 5.66. The molecule has 1 aromatic carbocycles. The molecule has 0 radical (unpaired) electrons. The molecule has 0 amide bonds. The molecule has 1 N–H and O–H groups in total. The molecule has 0 aliphatic rings. The zero-order valence-electron chi connectivity index (χ0n) is 8.86. The van der Waals surface area contributed by atoms with E-state index in [9.17, 15) is 5.11 Å². The third-order valence-corrected chi connectivity index (χ3v) is 2.41. The molecule has 2 nitrogen and oxygen atoms in total. The Hall–Kier alpha value is -1.02. The summed E-state index contributed by atoms with van der Waals surface area (Å²) in [6.45, 7) is 1.99. The SMILES string of the molecule is CCC(O)CCc1ccccc1OC. The maximum absolute atomic E-state index is 9.44. The number of para-hydroxylation sites is 1. The Balaban J connectivity index is 2.57. The van der Waals surface area contributed by atoms with Crippen molar-refractivity contribution in [1.82, 2.24) is 0 Å². The van der Waals surface area contributed by atoms with Crippen molar-refractivity contribution in [2.45, 2.75) is 32.3 Å². The van der Waals surface area contributed by atoms with Crippen LogP contribution in [0.15, 0.2) is 24.3 Å². The van der Waals surface area contributed by atoms with E-state index in [-0.39, 0.29) is 6.10 Å². The summed E-state index contributed by atoms with van der Waals surface area (Å²) in [6, 6.07) is 7.95. The fraction of sp³-hybridized carbons (Fsp3) is 0.500. The van der Waals surface area contributed by atoms with Crippen molar-refractivity contribution in [3.05, 3.63) is 29.8 Å². The molecule has 0 saturated heterocycles. The fourth-order valence-electron chi connectivity index (χ4n) is 1.44. The highest BCUT2D eigenvalue weighted by Crippen LogP contribution is 2.19. The summed E-state index contributed by atoms with van der Waals surface area (Å²) >= 11 is 0. The minimum atomic E-state index is -0.195. The van der Waals surface area contributed by atoms with Crippen molar-refractivity contribution >= 4 is 0 Å². The van der Waals surface area contributed by atoms with E-state index >= 15 is 0 Å². The fourth-order valence-corrected chi connectivity index (χ4v) is 1.44. The minimum Gasteiger partial charge on any atom is -0.496 e. The van der Waals surface area contributed by atoms with Crippen LogP contribution in [0.3, 0.4) is 0 Å². The van der Waals surface area contributed by atoms with Gasteiger partial charge >= 0.3 is 0 Å². The van der Waals surface area contributed by atoms with Gasteiger partial charge in [-0.1, -0.05) is 25.1 Å². The molecule has 0 bridgehead atoms. The molecule has 0 saturated carbocycles. The first-order chi connectivity index (χ1) is 6.77. The smallest absolute Gasteiger partial charge is 0.122 e. The van der Waals surface area contributed by atoms with Gasteiger partial charge in [-0.3, -0.25) is 0 Å². The summed E-state index contributed by atoms with van der Waals surface area (Å²) in [4.78, 5) is 0. The van der Waals surface area contributed by atoms with Crippen LogP contribution >= 0.6 is 0 Å². The van der Waals surface area contributed by atoms with Gasteiger partial charge in [-0.25, -0.2) is 0 Å². The highest BCUT2D eigenvalue weighted by Gasteiger charge is 2.05. The van der Waals surface area contributed by atoms with E-state index in [1.807, 2.05) is 31.2 Å². The van der Waals surface area contributed by atoms with E-state index in [0.717, 1.165) is 25.0 Å². The lowest BCUT2D eigenvalue weighted by atomic mass is 10.0. The number of ether oxygens (including phenoxy) is 1. The normalized spacial score (nSPS) is 12.5. The quantitative estimate of drug-likeness (QED) is 0.780. The van der Waals surface area contributed by atoms with E-state index in [1.165, 1.54) is 5.56 Å². The number of aliphatic hydroxyl groups is 1. The van der Waals surface area contributed by atoms with Crippen LogP contribution in [0.1, 0.15) is 25.3 Å². The van der Waals surface area contributed by atoms with Gasteiger partial charge in [-0.15, -0.1) is 0 Å². The van der Waals surface area contributed by atoms with Gasteiger partial charge in [0, 0.05) is 0 Å². The first-order valence-corrected chi connectivity index (χ1v) is 5.08. The zero-order valence-corrected chi connectivity index (χ0v) is 8.86. The highest BCUT2D eigenvalue weighted by molar-refractivity contribution is 5.33. The van der Waals surface area contributed by atoms with Crippen molar-refractivity contribution in [2.24, 2.45) is 0 Å². The van der Waals surface area contributed by atoms with Gasteiger partial charge < -0.3 is 9.84 Å². The number of hydrogen-bond donors (Lipinski definition) is 1. The molecule has 0 aromatic heterocycles. The van der Waals surface area contributed by atoms with Crippen LogP contribution in [0.5, 0.6) is 5.75 Å². The van der Waals surface area contributed by atoms with Gasteiger partial charge in [-0.05, 0) is 30.9 Å². The zero-order chi connectivity index (χ0) is 10.4. The van der Waals surface area contributed by atoms with Gasteiger partial charge in [0.25, 0.3) is 0 Å². The van der Waals surface area contributed by atoms with Crippen molar-refractivity contribution in [3.63, 3.8) is 0 Å². The number of rotatable bonds is 5. The molecular weight excluding hydrogens is 176 g/mol. The number of aryl methyl sites for hydroxylation is 1.